The quantitative estimate of drug-likeness (QED) is 0.767. The van der Waals surface area contributed by atoms with E-state index in [0.29, 0.717) is 6.54 Å². The van der Waals surface area contributed by atoms with Crippen molar-refractivity contribution < 1.29 is 17.9 Å². The zero-order valence-corrected chi connectivity index (χ0v) is 10.3. The highest BCUT2D eigenvalue weighted by Gasteiger charge is 2.17. The average Bonchev–Trinajstić information content (AvgIpc) is 2.99. The number of hydrogen-bond donors (Lipinski definition) is 2. The van der Waals surface area contributed by atoms with Crippen LogP contribution in [0.1, 0.15) is 5.76 Å². The Morgan fingerprint density at radius 1 is 1.44 bits per heavy atom. The highest BCUT2D eigenvalue weighted by atomic mass is 32.2. The van der Waals surface area contributed by atoms with Gasteiger partial charge in [-0.25, -0.2) is 18.1 Å². The molecule has 7 nitrogen and oxygen atoms in total. The minimum Gasteiger partial charge on any atom is -0.446 e. The molecule has 2 heterocycles. The Morgan fingerprint density at radius 3 is 2.89 bits per heavy atom. The van der Waals surface area contributed by atoms with E-state index >= 15 is 0 Å². The van der Waals surface area contributed by atoms with Crippen molar-refractivity contribution >= 4 is 10.0 Å². The number of aliphatic hydroxyl groups excluding tert-OH is 1. The van der Waals surface area contributed by atoms with Gasteiger partial charge in [-0.05, 0) is 12.1 Å². The van der Waals surface area contributed by atoms with Gasteiger partial charge in [-0.15, -0.1) is 0 Å². The Kier molecular flexibility index (Phi) is 3.80. The number of aliphatic hydroxyl groups is 1. The van der Waals surface area contributed by atoms with E-state index in [-0.39, 0.29) is 24.0 Å². The van der Waals surface area contributed by atoms with Crippen molar-refractivity contribution in [3.05, 3.63) is 36.6 Å². The Balaban J connectivity index is 1.95. The largest absolute Gasteiger partial charge is 0.446 e. The van der Waals surface area contributed by atoms with Crippen molar-refractivity contribution in [1.82, 2.24) is 14.3 Å². The maximum absolute atomic E-state index is 11.8. The summed E-state index contributed by atoms with van der Waals surface area (Å²) in [6.07, 6.45) is 4.96. The second-order valence-electron chi connectivity index (χ2n) is 3.58. The van der Waals surface area contributed by atoms with E-state index in [1.807, 2.05) is 0 Å². The second-order valence-corrected chi connectivity index (χ2v) is 5.28. The SMILES string of the molecule is O=S(=O)(NCCn1ccnc1)c1ccc(CO)o1. The molecule has 2 aromatic heterocycles. The Labute approximate surface area is 104 Å². The number of rotatable bonds is 6. The lowest BCUT2D eigenvalue weighted by molar-refractivity contribution is 0.236. The molecule has 0 amide bonds. The molecule has 0 saturated heterocycles. The summed E-state index contributed by atoms with van der Waals surface area (Å²) in [4.78, 5) is 3.85. The lowest BCUT2D eigenvalue weighted by atomic mass is 10.5. The van der Waals surface area contributed by atoms with Gasteiger partial charge in [-0.3, -0.25) is 0 Å². The predicted molar refractivity (Wildman–Crippen MR) is 62.0 cm³/mol. The van der Waals surface area contributed by atoms with Crippen molar-refractivity contribution in [2.75, 3.05) is 6.54 Å². The molecule has 8 heteroatoms. The van der Waals surface area contributed by atoms with Crippen LogP contribution in [0.25, 0.3) is 0 Å². The van der Waals surface area contributed by atoms with Gasteiger partial charge < -0.3 is 14.1 Å². The predicted octanol–water partition coefficient (Wildman–Crippen LogP) is -0.0531. The van der Waals surface area contributed by atoms with E-state index in [9.17, 15) is 8.42 Å². The van der Waals surface area contributed by atoms with Crippen LogP contribution in [0.3, 0.4) is 0 Å². The summed E-state index contributed by atoms with van der Waals surface area (Å²) < 4.78 is 32.7. The molecule has 0 aromatic carbocycles. The summed E-state index contributed by atoms with van der Waals surface area (Å²) in [5, 5.41) is 8.60. The van der Waals surface area contributed by atoms with Crippen LogP contribution in [0.2, 0.25) is 0 Å². The molecule has 0 saturated carbocycles. The van der Waals surface area contributed by atoms with E-state index in [1.165, 1.54) is 12.1 Å². The van der Waals surface area contributed by atoms with Crippen molar-refractivity contribution in [3.63, 3.8) is 0 Å². The molecular formula is C10H13N3O4S. The van der Waals surface area contributed by atoms with Crippen molar-refractivity contribution in [2.45, 2.75) is 18.2 Å². The first-order valence-electron chi connectivity index (χ1n) is 5.27. The molecule has 0 bridgehead atoms. The fourth-order valence-electron chi connectivity index (χ4n) is 1.39. The summed E-state index contributed by atoms with van der Waals surface area (Å²) in [6, 6.07) is 2.73. The maximum Gasteiger partial charge on any atom is 0.274 e. The standard InChI is InChI=1S/C10H13N3O4S/c14-7-9-1-2-10(17-9)18(15,16)12-4-6-13-5-3-11-8-13/h1-3,5,8,12,14H,4,6-7H2. The number of aromatic nitrogens is 2. The first-order chi connectivity index (χ1) is 8.62. The highest BCUT2D eigenvalue weighted by molar-refractivity contribution is 7.89. The smallest absolute Gasteiger partial charge is 0.274 e. The molecule has 2 aromatic rings. The third-order valence-electron chi connectivity index (χ3n) is 2.28. The minimum absolute atomic E-state index is 0.197. The summed E-state index contributed by atoms with van der Waals surface area (Å²) >= 11 is 0. The van der Waals surface area contributed by atoms with Crippen LogP contribution in [0.4, 0.5) is 0 Å². The molecule has 98 valence electrons. The molecule has 0 unspecified atom stereocenters. The van der Waals surface area contributed by atoms with Crippen LogP contribution >= 0.6 is 0 Å². The number of nitrogens with one attached hydrogen (secondary N) is 1. The third kappa shape index (κ3) is 2.97. The van der Waals surface area contributed by atoms with Crippen LogP contribution in [0, 0.1) is 0 Å². The molecule has 0 radical (unpaired) electrons. The molecule has 0 spiro atoms. The average molecular weight is 271 g/mol. The van der Waals surface area contributed by atoms with Gasteiger partial charge in [0.2, 0.25) is 5.09 Å². The molecule has 2 rings (SSSR count). The van der Waals surface area contributed by atoms with E-state index in [2.05, 4.69) is 9.71 Å². The normalized spacial score (nSPS) is 11.8. The second kappa shape index (κ2) is 5.34. The van der Waals surface area contributed by atoms with E-state index < -0.39 is 10.0 Å². The summed E-state index contributed by atoms with van der Waals surface area (Å²) in [5.41, 5.74) is 0. The van der Waals surface area contributed by atoms with E-state index in [1.54, 1.807) is 23.3 Å². The number of nitrogens with zero attached hydrogens (tertiary/aromatic N) is 2. The van der Waals surface area contributed by atoms with Crippen LogP contribution in [-0.4, -0.2) is 29.6 Å². The Bertz CT molecular complexity index is 588. The minimum atomic E-state index is -3.66. The van der Waals surface area contributed by atoms with Crippen molar-refractivity contribution in [2.24, 2.45) is 0 Å². The van der Waals surface area contributed by atoms with Gasteiger partial charge in [0.25, 0.3) is 10.0 Å². The van der Waals surface area contributed by atoms with Crippen molar-refractivity contribution in [1.29, 1.82) is 0 Å². The first kappa shape index (κ1) is 12.8. The molecule has 2 N–H and O–H groups in total. The number of furan rings is 1. The molecular weight excluding hydrogens is 258 g/mol. The lowest BCUT2D eigenvalue weighted by Gasteiger charge is -2.04. The molecule has 0 aliphatic carbocycles. The van der Waals surface area contributed by atoms with Gasteiger partial charge in [-0.2, -0.15) is 0 Å². The van der Waals surface area contributed by atoms with E-state index in [4.69, 9.17) is 9.52 Å². The third-order valence-corrected chi connectivity index (χ3v) is 3.61. The number of hydrogen-bond acceptors (Lipinski definition) is 5. The summed E-state index contributed by atoms with van der Waals surface area (Å²) in [6.45, 7) is 0.380. The fraction of sp³-hybridized carbons (Fsp3) is 0.300. The topological polar surface area (TPSA) is 97.4 Å². The van der Waals surface area contributed by atoms with E-state index in [0.717, 1.165) is 0 Å². The Hall–Kier alpha value is -1.64. The van der Waals surface area contributed by atoms with Crippen LogP contribution < -0.4 is 4.72 Å². The first-order valence-corrected chi connectivity index (χ1v) is 6.75. The molecule has 18 heavy (non-hydrogen) atoms. The number of imidazole rings is 1. The maximum atomic E-state index is 11.8. The summed E-state index contributed by atoms with van der Waals surface area (Å²) in [5.74, 6) is 0.213. The van der Waals surface area contributed by atoms with Crippen LogP contribution in [-0.2, 0) is 23.2 Å². The van der Waals surface area contributed by atoms with Gasteiger partial charge >= 0.3 is 0 Å². The molecule has 0 aliphatic heterocycles. The van der Waals surface area contributed by atoms with Crippen molar-refractivity contribution in [3.8, 4) is 0 Å². The molecule has 0 aliphatic rings. The highest BCUT2D eigenvalue weighted by Crippen LogP contribution is 2.13. The van der Waals surface area contributed by atoms with Gasteiger partial charge in [0.05, 0.1) is 6.33 Å². The fourth-order valence-corrected chi connectivity index (χ4v) is 2.35. The monoisotopic (exact) mass is 271 g/mol. The van der Waals surface area contributed by atoms with Gasteiger partial charge in [-0.1, -0.05) is 0 Å². The number of sulfonamides is 1. The molecule has 0 atom stereocenters. The van der Waals surface area contributed by atoms with Crippen LogP contribution in [0.5, 0.6) is 0 Å². The lowest BCUT2D eigenvalue weighted by Crippen LogP contribution is -2.26. The molecule has 0 fully saturated rings. The van der Waals surface area contributed by atoms with Gasteiger partial charge in [0.15, 0.2) is 0 Å². The summed E-state index contributed by atoms with van der Waals surface area (Å²) in [7, 11) is -3.66. The zero-order valence-electron chi connectivity index (χ0n) is 9.48. The van der Waals surface area contributed by atoms with Crippen LogP contribution in [0.15, 0.2) is 40.4 Å². The Morgan fingerprint density at radius 2 is 2.28 bits per heavy atom. The van der Waals surface area contributed by atoms with Gasteiger partial charge in [0.1, 0.15) is 12.4 Å². The zero-order chi connectivity index (χ0) is 13.0. The van der Waals surface area contributed by atoms with Gasteiger partial charge in [0, 0.05) is 25.5 Å².